The van der Waals surface area contributed by atoms with Crippen LogP contribution in [0.25, 0.3) is 0 Å². The van der Waals surface area contributed by atoms with E-state index in [1.165, 1.54) is 19.4 Å². The number of hydrogen-bond acceptors (Lipinski definition) is 5. The molecule has 0 radical (unpaired) electrons. The summed E-state index contributed by atoms with van der Waals surface area (Å²) < 4.78 is 5.58. The van der Waals surface area contributed by atoms with Gasteiger partial charge in [-0.2, -0.15) is 0 Å². The Morgan fingerprint density at radius 2 is 2.26 bits per heavy atom. The lowest BCUT2D eigenvalue weighted by Crippen LogP contribution is -2.42. The molecule has 0 aromatic carbocycles. The van der Waals surface area contributed by atoms with E-state index in [1.54, 1.807) is 0 Å². The molecule has 7 nitrogen and oxygen atoms in total. The van der Waals surface area contributed by atoms with E-state index in [4.69, 9.17) is 10.5 Å². The number of ether oxygens (including phenoxy) is 1. The van der Waals surface area contributed by atoms with Gasteiger partial charge in [-0.15, -0.1) is 24.0 Å². The first-order chi connectivity index (χ1) is 12.7. The summed E-state index contributed by atoms with van der Waals surface area (Å²) >= 11 is 0. The summed E-state index contributed by atoms with van der Waals surface area (Å²) in [7, 11) is 0. The maximum Gasteiger partial charge on any atom is 0.188 e. The van der Waals surface area contributed by atoms with Crippen molar-refractivity contribution in [3.63, 3.8) is 0 Å². The Kier molecular flexibility index (Phi) is 9.04. The quantitative estimate of drug-likeness (QED) is 0.362. The topological polar surface area (TPSA) is 79.0 Å². The van der Waals surface area contributed by atoms with Gasteiger partial charge in [0.2, 0.25) is 0 Å². The van der Waals surface area contributed by atoms with Crippen LogP contribution < -0.4 is 16.0 Å². The van der Waals surface area contributed by atoms with E-state index in [1.807, 2.05) is 6.20 Å². The van der Waals surface area contributed by atoms with Crippen LogP contribution in [0.2, 0.25) is 0 Å². The molecule has 0 amide bonds. The third-order valence-corrected chi connectivity index (χ3v) is 5.23. The van der Waals surface area contributed by atoms with Gasteiger partial charge >= 0.3 is 0 Å². The van der Waals surface area contributed by atoms with Crippen LogP contribution in [0.1, 0.15) is 32.3 Å². The lowest BCUT2D eigenvalue weighted by molar-refractivity contribution is 0.0529. The second kappa shape index (κ2) is 11.0. The predicted molar refractivity (Wildman–Crippen MR) is 121 cm³/mol. The average molecular weight is 488 g/mol. The number of anilines is 1. The third-order valence-electron chi connectivity index (χ3n) is 5.23. The highest BCUT2D eigenvalue weighted by atomic mass is 127. The molecule has 2 atom stereocenters. The minimum atomic E-state index is 0. The molecule has 0 bridgehead atoms. The number of morpholine rings is 1. The summed E-state index contributed by atoms with van der Waals surface area (Å²) in [6.07, 6.45) is 4.66. The maximum absolute atomic E-state index is 6.03. The Hall–Kier alpha value is -1.13. The summed E-state index contributed by atoms with van der Waals surface area (Å²) in [6, 6.07) is 4.71. The van der Waals surface area contributed by atoms with Crippen LogP contribution in [0.3, 0.4) is 0 Å². The number of aliphatic imine (C=N–C) groups is 1. The number of likely N-dealkylation sites (N-methyl/N-ethyl adjacent to an activating group) is 1. The molecule has 2 unspecified atom stereocenters. The highest BCUT2D eigenvalue weighted by Crippen LogP contribution is 2.16. The number of guanidine groups is 1. The van der Waals surface area contributed by atoms with Crippen molar-refractivity contribution in [2.75, 3.05) is 44.2 Å². The van der Waals surface area contributed by atoms with E-state index < -0.39 is 0 Å². The fourth-order valence-electron chi connectivity index (χ4n) is 3.72. The second-order valence-electron chi connectivity index (χ2n) is 7.16. The van der Waals surface area contributed by atoms with Crippen molar-refractivity contribution in [3.05, 3.63) is 23.9 Å². The predicted octanol–water partition coefficient (Wildman–Crippen LogP) is 1.81. The fourth-order valence-corrected chi connectivity index (χ4v) is 3.72. The van der Waals surface area contributed by atoms with Gasteiger partial charge in [-0.1, -0.05) is 13.0 Å². The van der Waals surface area contributed by atoms with Crippen LogP contribution in [0.5, 0.6) is 0 Å². The Morgan fingerprint density at radius 3 is 2.96 bits per heavy atom. The molecule has 3 rings (SSSR count). The summed E-state index contributed by atoms with van der Waals surface area (Å²) in [5, 5.41) is 3.27. The minimum Gasteiger partial charge on any atom is -0.375 e. The summed E-state index contributed by atoms with van der Waals surface area (Å²) in [6.45, 7) is 10.6. The smallest absolute Gasteiger partial charge is 0.188 e. The van der Waals surface area contributed by atoms with E-state index in [2.05, 4.69) is 51.1 Å². The van der Waals surface area contributed by atoms with E-state index in [0.717, 1.165) is 44.2 Å². The molecule has 8 heteroatoms. The van der Waals surface area contributed by atoms with Gasteiger partial charge in [0.15, 0.2) is 5.96 Å². The number of aromatic nitrogens is 1. The Balaban J connectivity index is 0.00000261. The highest BCUT2D eigenvalue weighted by Gasteiger charge is 2.22. The summed E-state index contributed by atoms with van der Waals surface area (Å²) in [4.78, 5) is 13.8. The zero-order valence-corrected chi connectivity index (χ0v) is 18.8. The van der Waals surface area contributed by atoms with Crippen LogP contribution >= 0.6 is 24.0 Å². The van der Waals surface area contributed by atoms with Gasteiger partial charge in [0.1, 0.15) is 5.82 Å². The number of hydrogen-bond donors (Lipinski definition) is 2. The molecule has 0 saturated carbocycles. The zero-order chi connectivity index (χ0) is 18.4. The lowest BCUT2D eigenvalue weighted by atomic mass is 10.2. The van der Waals surface area contributed by atoms with Gasteiger partial charge < -0.3 is 20.7 Å². The van der Waals surface area contributed by atoms with Crippen LogP contribution in [0, 0.1) is 0 Å². The van der Waals surface area contributed by atoms with Gasteiger partial charge in [-0.25, -0.2) is 9.98 Å². The Labute approximate surface area is 179 Å². The van der Waals surface area contributed by atoms with Crippen LogP contribution in [-0.2, 0) is 11.3 Å². The maximum atomic E-state index is 6.03. The van der Waals surface area contributed by atoms with Crippen LogP contribution in [0.4, 0.5) is 5.82 Å². The number of halogens is 1. The first-order valence-electron chi connectivity index (χ1n) is 9.75. The lowest BCUT2D eigenvalue weighted by Gasteiger charge is -2.32. The molecule has 27 heavy (non-hydrogen) atoms. The van der Waals surface area contributed by atoms with E-state index in [9.17, 15) is 0 Å². The average Bonchev–Trinajstić information content (AvgIpc) is 3.13. The number of rotatable bonds is 6. The molecule has 1 aromatic rings. The van der Waals surface area contributed by atoms with Gasteiger partial charge in [0, 0.05) is 31.9 Å². The first kappa shape index (κ1) is 22.2. The first-order valence-corrected chi connectivity index (χ1v) is 9.75. The van der Waals surface area contributed by atoms with Gasteiger partial charge in [0.05, 0.1) is 19.3 Å². The molecule has 2 fully saturated rings. The normalized spacial score (nSPS) is 23.9. The fraction of sp³-hybridized carbons (Fsp3) is 0.684. The molecule has 1 aromatic heterocycles. The third kappa shape index (κ3) is 6.46. The zero-order valence-electron chi connectivity index (χ0n) is 16.4. The van der Waals surface area contributed by atoms with Gasteiger partial charge in [-0.3, -0.25) is 4.90 Å². The van der Waals surface area contributed by atoms with E-state index in [0.29, 0.717) is 18.5 Å². The number of pyridine rings is 1. The van der Waals surface area contributed by atoms with E-state index >= 15 is 0 Å². The molecule has 2 saturated heterocycles. The molecular weight excluding hydrogens is 455 g/mol. The SMILES string of the molecule is CCN1CCCC1CNC(N)=NCc1ccc(N2CCOC(C)C2)nc1.I. The highest BCUT2D eigenvalue weighted by molar-refractivity contribution is 14.0. The van der Waals surface area contributed by atoms with Gasteiger partial charge in [0.25, 0.3) is 0 Å². The molecule has 0 spiro atoms. The standard InChI is InChI=1S/C19H32N6O.HI/c1-3-24-8-4-5-17(24)13-23-19(20)22-12-16-6-7-18(21-11-16)25-9-10-26-15(2)14-25;/h6-7,11,15,17H,3-5,8-10,12-14H2,1-2H3,(H3,20,22,23);1H. The molecule has 152 valence electrons. The van der Waals surface area contributed by atoms with E-state index in [-0.39, 0.29) is 30.1 Å². The molecule has 2 aliphatic rings. The molecule has 3 heterocycles. The molecule has 0 aliphatic carbocycles. The monoisotopic (exact) mass is 488 g/mol. The van der Waals surface area contributed by atoms with Crippen molar-refractivity contribution in [2.45, 2.75) is 45.4 Å². The Morgan fingerprint density at radius 1 is 1.41 bits per heavy atom. The van der Waals surface area contributed by atoms with Crippen molar-refractivity contribution in [3.8, 4) is 0 Å². The number of nitrogens with one attached hydrogen (secondary N) is 1. The number of nitrogens with two attached hydrogens (primary N) is 1. The minimum absolute atomic E-state index is 0. The van der Waals surface area contributed by atoms with Gasteiger partial charge in [-0.05, 0) is 44.5 Å². The van der Waals surface area contributed by atoms with Crippen LogP contribution in [-0.4, -0.2) is 67.3 Å². The summed E-state index contributed by atoms with van der Waals surface area (Å²) in [5.41, 5.74) is 7.09. The van der Waals surface area contributed by atoms with Crippen molar-refractivity contribution in [2.24, 2.45) is 10.7 Å². The number of nitrogens with zero attached hydrogens (tertiary/aromatic N) is 4. The molecule has 2 aliphatic heterocycles. The number of likely N-dealkylation sites (tertiary alicyclic amines) is 1. The summed E-state index contributed by atoms with van der Waals surface area (Å²) in [5.74, 6) is 1.51. The van der Waals surface area contributed by atoms with Crippen molar-refractivity contribution >= 4 is 35.8 Å². The van der Waals surface area contributed by atoms with Crippen molar-refractivity contribution in [1.29, 1.82) is 0 Å². The molecule has 3 N–H and O–H groups in total. The van der Waals surface area contributed by atoms with Crippen LogP contribution in [0.15, 0.2) is 23.3 Å². The van der Waals surface area contributed by atoms with Crippen molar-refractivity contribution in [1.82, 2.24) is 15.2 Å². The van der Waals surface area contributed by atoms with Crippen molar-refractivity contribution < 1.29 is 4.74 Å². The molecular formula is C19H33IN6O. The second-order valence-corrected chi connectivity index (χ2v) is 7.16. The largest absolute Gasteiger partial charge is 0.375 e. The Bertz CT molecular complexity index is 596.